The van der Waals surface area contributed by atoms with Crippen LogP contribution < -0.4 is 15.2 Å². The number of pyridine rings is 1. The summed E-state index contributed by atoms with van der Waals surface area (Å²) in [4.78, 5) is 16.7. The second-order valence-electron chi connectivity index (χ2n) is 9.23. The molecule has 2 N–H and O–H groups in total. The van der Waals surface area contributed by atoms with E-state index < -0.39 is 5.97 Å². The third-order valence-electron chi connectivity index (χ3n) is 6.70. The molecule has 0 unspecified atom stereocenters. The van der Waals surface area contributed by atoms with E-state index >= 15 is 0 Å². The first-order valence-corrected chi connectivity index (χ1v) is 12.6. The molecule has 0 fully saturated rings. The Hall–Kier alpha value is -4.42. The molecule has 6 heteroatoms. The zero-order chi connectivity index (χ0) is 26.5. The molecule has 0 radical (unpaired) electrons. The zero-order valence-electron chi connectivity index (χ0n) is 21.5. The van der Waals surface area contributed by atoms with Gasteiger partial charge in [-0.25, -0.2) is 4.79 Å². The Morgan fingerprint density at radius 2 is 1.76 bits per heavy atom. The van der Waals surface area contributed by atoms with Crippen LogP contribution in [0.3, 0.4) is 0 Å². The Kier molecular flexibility index (Phi) is 7.52. The van der Waals surface area contributed by atoms with E-state index in [1.54, 1.807) is 19.4 Å². The average molecular weight is 507 g/mol. The minimum Gasteiger partial charge on any atom is -0.497 e. The molecule has 0 spiro atoms. The van der Waals surface area contributed by atoms with Crippen LogP contribution in [0.25, 0.3) is 32.8 Å². The Morgan fingerprint density at radius 1 is 0.921 bits per heavy atom. The highest BCUT2D eigenvalue weighted by molar-refractivity contribution is 6.04. The van der Waals surface area contributed by atoms with Crippen molar-refractivity contribution < 1.29 is 19.0 Å². The lowest BCUT2D eigenvalue weighted by Gasteiger charge is -2.16. The van der Waals surface area contributed by atoms with Crippen LogP contribution in [0.1, 0.15) is 22.3 Å². The highest BCUT2D eigenvalue weighted by Crippen LogP contribution is 2.35. The second kappa shape index (κ2) is 11.3. The number of nitrogens with two attached hydrogens (primary N) is 1. The number of methoxy groups -OCH3 is 2. The van der Waals surface area contributed by atoms with Gasteiger partial charge in [-0.05, 0) is 65.1 Å². The van der Waals surface area contributed by atoms with Crippen molar-refractivity contribution in [3.63, 3.8) is 0 Å². The smallest absolute Gasteiger partial charge is 0.338 e. The highest BCUT2D eigenvalue weighted by atomic mass is 16.5. The number of benzene rings is 4. The summed E-state index contributed by atoms with van der Waals surface area (Å²) in [5.41, 5.74) is 10.7. The summed E-state index contributed by atoms with van der Waals surface area (Å²) in [6.45, 7) is 0.456. The van der Waals surface area contributed by atoms with Crippen LogP contribution in [0.4, 0.5) is 0 Å². The van der Waals surface area contributed by atoms with E-state index in [9.17, 15) is 4.79 Å². The Bertz CT molecular complexity index is 1600. The van der Waals surface area contributed by atoms with Crippen LogP contribution in [0.2, 0.25) is 0 Å². The van der Waals surface area contributed by atoms with E-state index in [1.807, 2.05) is 48.5 Å². The molecule has 0 saturated heterocycles. The molecule has 0 aliphatic carbocycles. The van der Waals surface area contributed by atoms with Gasteiger partial charge < -0.3 is 19.9 Å². The van der Waals surface area contributed by atoms with Crippen LogP contribution in [0.15, 0.2) is 91.1 Å². The topological polar surface area (TPSA) is 83.7 Å². The molecule has 4 aromatic carbocycles. The van der Waals surface area contributed by atoms with Crippen LogP contribution in [-0.2, 0) is 11.2 Å². The summed E-state index contributed by atoms with van der Waals surface area (Å²) in [6, 6.07) is 28.0. The molecule has 5 aromatic rings. The number of hydrogen-bond acceptors (Lipinski definition) is 6. The van der Waals surface area contributed by atoms with Crippen LogP contribution in [0.5, 0.6) is 11.5 Å². The summed E-state index contributed by atoms with van der Waals surface area (Å²) >= 11 is 0. The van der Waals surface area contributed by atoms with Crippen LogP contribution >= 0.6 is 0 Å². The normalized spacial score (nSPS) is 11.9. The molecule has 1 aromatic heterocycles. The molecule has 5 rings (SSSR count). The predicted molar refractivity (Wildman–Crippen MR) is 151 cm³/mol. The lowest BCUT2D eigenvalue weighted by molar-refractivity contribution is 0.0603. The van der Waals surface area contributed by atoms with Crippen molar-refractivity contribution in [3.8, 4) is 22.6 Å². The third-order valence-corrected chi connectivity index (χ3v) is 6.70. The van der Waals surface area contributed by atoms with Crippen LogP contribution in [-0.4, -0.2) is 37.8 Å². The van der Waals surface area contributed by atoms with Gasteiger partial charge in [0.2, 0.25) is 0 Å². The fraction of sp³-hybridized carbons (Fsp3) is 0.188. The summed E-state index contributed by atoms with van der Waals surface area (Å²) in [5.74, 6) is 0.980. The Morgan fingerprint density at radius 3 is 2.58 bits per heavy atom. The maximum atomic E-state index is 12.3. The predicted octanol–water partition coefficient (Wildman–Crippen LogP) is 6.19. The monoisotopic (exact) mass is 506 g/mol. The second-order valence-corrected chi connectivity index (χ2v) is 9.23. The number of ether oxygens (including phenoxy) is 3. The molecule has 0 aliphatic heterocycles. The van der Waals surface area contributed by atoms with Crippen molar-refractivity contribution in [2.24, 2.45) is 5.73 Å². The van der Waals surface area contributed by atoms with Gasteiger partial charge in [-0.1, -0.05) is 48.5 Å². The Labute approximate surface area is 222 Å². The molecule has 0 bridgehead atoms. The molecule has 6 nitrogen and oxygen atoms in total. The maximum Gasteiger partial charge on any atom is 0.338 e. The summed E-state index contributed by atoms with van der Waals surface area (Å²) in [6.07, 6.45) is 3.07. The van der Waals surface area contributed by atoms with E-state index in [1.165, 1.54) is 23.4 Å². The molecular weight excluding hydrogens is 476 g/mol. The van der Waals surface area contributed by atoms with Gasteiger partial charge in [0.05, 0.1) is 31.9 Å². The first-order chi connectivity index (χ1) is 18.6. The zero-order valence-corrected chi connectivity index (χ0v) is 21.5. The van der Waals surface area contributed by atoms with Gasteiger partial charge in [-0.2, -0.15) is 0 Å². The third kappa shape index (κ3) is 5.45. The minimum absolute atomic E-state index is 0.0421. The number of hydrogen-bond donors (Lipinski definition) is 1. The largest absolute Gasteiger partial charge is 0.497 e. The van der Waals surface area contributed by atoms with E-state index in [2.05, 4.69) is 35.3 Å². The van der Waals surface area contributed by atoms with Gasteiger partial charge >= 0.3 is 5.97 Å². The van der Waals surface area contributed by atoms with E-state index in [0.29, 0.717) is 35.6 Å². The lowest BCUT2D eigenvalue weighted by atomic mass is 9.99. The van der Waals surface area contributed by atoms with Gasteiger partial charge in [-0.15, -0.1) is 0 Å². The first-order valence-electron chi connectivity index (χ1n) is 12.6. The summed E-state index contributed by atoms with van der Waals surface area (Å²) < 4.78 is 16.7. The van der Waals surface area contributed by atoms with Crippen molar-refractivity contribution in [2.45, 2.75) is 18.9 Å². The average Bonchev–Trinajstić information content (AvgIpc) is 2.96. The molecule has 0 amide bonds. The number of rotatable bonds is 9. The molecule has 192 valence electrons. The molecule has 1 heterocycles. The number of carbonyl (C=O) groups excluding carboxylic acids is 1. The van der Waals surface area contributed by atoms with Crippen LogP contribution in [0, 0.1) is 0 Å². The van der Waals surface area contributed by atoms with Gasteiger partial charge in [-0.3, -0.25) is 4.98 Å². The van der Waals surface area contributed by atoms with Gasteiger partial charge in [0.25, 0.3) is 0 Å². The quantitative estimate of drug-likeness (QED) is 0.240. The van der Waals surface area contributed by atoms with E-state index in [0.717, 1.165) is 22.9 Å². The van der Waals surface area contributed by atoms with Crippen molar-refractivity contribution in [2.75, 3.05) is 20.8 Å². The summed E-state index contributed by atoms with van der Waals surface area (Å²) in [5, 5.41) is 3.16. The standard InChI is InChI=1S/C32H30N2O4/c1-36-26-10-11-27(24-9-12-30-29(19-24)28(13-15-34-30)32(35)37-2)31(20-26)38-16-14-25(33)18-21-7-8-22-5-3-4-6-23(22)17-21/h3-13,15,17,19-20,25H,14,16,18,33H2,1-2H3/t25-/m0/s1. The molecule has 1 atom stereocenters. The van der Waals surface area contributed by atoms with E-state index in [-0.39, 0.29) is 6.04 Å². The van der Waals surface area contributed by atoms with Crippen molar-refractivity contribution in [1.29, 1.82) is 0 Å². The van der Waals surface area contributed by atoms with E-state index in [4.69, 9.17) is 19.9 Å². The SMILES string of the molecule is COC(=O)c1ccnc2ccc(-c3ccc(OC)cc3OCC[C@H](N)Cc3ccc4ccccc4c3)cc12. The number of aromatic nitrogens is 1. The van der Waals surface area contributed by atoms with Gasteiger partial charge in [0.15, 0.2) is 0 Å². The fourth-order valence-electron chi connectivity index (χ4n) is 4.68. The number of fused-ring (bicyclic) bond motifs is 2. The van der Waals surface area contributed by atoms with Crippen molar-refractivity contribution >= 4 is 27.6 Å². The maximum absolute atomic E-state index is 12.3. The number of carbonyl (C=O) groups is 1. The number of esters is 1. The van der Waals surface area contributed by atoms with Gasteiger partial charge in [0.1, 0.15) is 11.5 Å². The Balaban J connectivity index is 1.34. The molecule has 38 heavy (non-hydrogen) atoms. The van der Waals surface area contributed by atoms with Crippen molar-refractivity contribution in [1.82, 2.24) is 4.98 Å². The van der Waals surface area contributed by atoms with Gasteiger partial charge in [0, 0.05) is 29.3 Å². The number of nitrogens with zero attached hydrogens (tertiary/aromatic N) is 1. The minimum atomic E-state index is -0.402. The lowest BCUT2D eigenvalue weighted by Crippen LogP contribution is -2.25. The summed E-state index contributed by atoms with van der Waals surface area (Å²) in [7, 11) is 3.00. The molecular formula is C32H30N2O4. The molecule has 0 aliphatic rings. The molecule has 0 saturated carbocycles. The van der Waals surface area contributed by atoms with Crippen molar-refractivity contribution in [3.05, 3.63) is 102 Å². The fourth-order valence-corrected chi connectivity index (χ4v) is 4.68. The first kappa shape index (κ1) is 25.2. The highest BCUT2D eigenvalue weighted by Gasteiger charge is 2.15.